The Hall–Kier alpha value is -2.30. The van der Waals surface area contributed by atoms with Crippen LogP contribution in [-0.2, 0) is 14.1 Å². The maximum absolute atomic E-state index is 13.3. The van der Waals surface area contributed by atoms with Crippen LogP contribution in [0.3, 0.4) is 0 Å². The van der Waals surface area contributed by atoms with Crippen LogP contribution < -0.4 is 14.1 Å². The topological polar surface area (TPSA) is 73.9 Å². The van der Waals surface area contributed by atoms with Crippen LogP contribution in [0.4, 0.5) is 0 Å². The van der Waals surface area contributed by atoms with Crippen LogP contribution in [-0.4, -0.2) is 18.6 Å². The summed E-state index contributed by atoms with van der Waals surface area (Å²) in [5.41, 5.74) is -0.167. The molecule has 146 valence electrons. The highest BCUT2D eigenvalue weighted by Crippen LogP contribution is 2.45. The maximum Gasteiger partial charge on any atom is 0.513 e. The van der Waals surface area contributed by atoms with Gasteiger partial charge in [0.05, 0.1) is 6.61 Å². The lowest BCUT2D eigenvalue weighted by Gasteiger charge is -2.24. The van der Waals surface area contributed by atoms with E-state index in [0.717, 1.165) is 0 Å². The molecule has 0 aliphatic heterocycles. The van der Waals surface area contributed by atoms with Crippen LogP contribution in [0.5, 0.6) is 11.5 Å². The van der Waals surface area contributed by atoms with Crippen LogP contribution in [0, 0.1) is 5.41 Å². The molecule has 1 N–H and O–H groups in total. The summed E-state index contributed by atoms with van der Waals surface area (Å²) in [7, 11) is -3.89. The lowest BCUT2D eigenvalue weighted by Crippen LogP contribution is -2.37. The van der Waals surface area contributed by atoms with Gasteiger partial charge in [-0.2, -0.15) is 5.09 Å². The fraction of sp³-hybridized carbons (Fsp3) is 0.350. The van der Waals surface area contributed by atoms with Gasteiger partial charge in [0.2, 0.25) is 0 Å². The normalized spacial score (nSPS) is 12.9. The van der Waals surface area contributed by atoms with Crippen molar-refractivity contribution < 1.29 is 23.1 Å². The van der Waals surface area contributed by atoms with Crippen LogP contribution in [0.15, 0.2) is 60.7 Å². The van der Waals surface area contributed by atoms with Crippen molar-refractivity contribution in [3.05, 3.63) is 60.7 Å². The second-order valence-corrected chi connectivity index (χ2v) is 8.94. The summed E-state index contributed by atoms with van der Waals surface area (Å²) in [4.78, 5) is 12.3. The van der Waals surface area contributed by atoms with Crippen molar-refractivity contribution in [3.63, 3.8) is 0 Å². The highest BCUT2D eigenvalue weighted by Gasteiger charge is 2.34. The standard InChI is InChI=1S/C20H26NO5P/c1-16(19(22)24-15-20(2,3)4)21-27(23,25-17-11-7-5-8-12-17)26-18-13-9-6-10-14-18/h5-14,16H,15H2,1-4H3,(H,21,23)/t16-/m0/s1. The molecule has 0 radical (unpaired) electrons. The van der Waals surface area contributed by atoms with E-state index in [1.165, 1.54) is 0 Å². The predicted molar refractivity (Wildman–Crippen MR) is 105 cm³/mol. The first-order chi connectivity index (χ1) is 12.7. The van der Waals surface area contributed by atoms with Crippen molar-refractivity contribution in [1.82, 2.24) is 5.09 Å². The summed E-state index contributed by atoms with van der Waals surface area (Å²) in [6, 6.07) is 16.4. The van der Waals surface area contributed by atoms with E-state index in [9.17, 15) is 9.36 Å². The molecule has 0 spiro atoms. The van der Waals surface area contributed by atoms with Gasteiger partial charge < -0.3 is 13.8 Å². The molecule has 0 amide bonds. The molecule has 6 nitrogen and oxygen atoms in total. The number of rotatable bonds is 8. The number of hydrogen-bond donors (Lipinski definition) is 1. The first kappa shape index (κ1) is 21.0. The molecule has 0 aliphatic rings. The largest absolute Gasteiger partial charge is 0.513 e. The molecule has 0 bridgehead atoms. The van der Waals surface area contributed by atoms with Gasteiger partial charge in [0, 0.05) is 0 Å². The Morgan fingerprint density at radius 2 is 1.41 bits per heavy atom. The molecule has 0 fully saturated rings. The fourth-order valence-corrected chi connectivity index (χ4v) is 3.54. The molecule has 0 aromatic heterocycles. The van der Waals surface area contributed by atoms with E-state index in [2.05, 4.69) is 5.09 Å². The Bertz CT molecular complexity index is 728. The molecule has 27 heavy (non-hydrogen) atoms. The Kier molecular flexibility index (Phi) is 7.05. The van der Waals surface area contributed by atoms with Gasteiger partial charge in [-0.25, -0.2) is 4.57 Å². The zero-order valence-electron chi connectivity index (χ0n) is 16.0. The first-order valence-corrected chi connectivity index (χ1v) is 10.2. The third kappa shape index (κ3) is 7.45. The van der Waals surface area contributed by atoms with Crippen LogP contribution in [0.2, 0.25) is 0 Å². The Morgan fingerprint density at radius 3 is 1.81 bits per heavy atom. The SMILES string of the molecule is C[C@H](NP(=O)(Oc1ccccc1)Oc1ccccc1)C(=O)OCC(C)(C)C. The molecule has 2 aromatic rings. The lowest BCUT2D eigenvalue weighted by atomic mass is 9.99. The summed E-state index contributed by atoms with van der Waals surface area (Å²) in [5.74, 6) is 0.192. The van der Waals surface area contributed by atoms with Crippen molar-refractivity contribution >= 4 is 13.7 Å². The molecular formula is C20H26NO5P. The van der Waals surface area contributed by atoms with Crippen LogP contribution in [0.1, 0.15) is 27.7 Å². The minimum absolute atomic E-state index is 0.167. The third-order valence-electron chi connectivity index (χ3n) is 3.29. The van der Waals surface area contributed by atoms with Crippen molar-refractivity contribution in [2.75, 3.05) is 6.61 Å². The fourth-order valence-electron chi connectivity index (χ4n) is 2.01. The summed E-state index contributed by atoms with van der Waals surface area (Å²) in [6.45, 7) is 7.68. The molecule has 7 heteroatoms. The van der Waals surface area contributed by atoms with E-state index in [-0.39, 0.29) is 12.0 Å². The second-order valence-electron chi connectivity index (χ2n) is 7.33. The van der Waals surface area contributed by atoms with Gasteiger partial charge >= 0.3 is 13.7 Å². The Morgan fingerprint density at radius 1 is 0.963 bits per heavy atom. The minimum atomic E-state index is -3.89. The molecule has 0 heterocycles. The van der Waals surface area contributed by atoms with E-state index in [1.54, 1.807) is 55.5 Å². The van der Waals surface area contributed by atoms with E-state index in [1.807, 2.05) is 32.9 Å². The monoisotopic (exact) mass is 391 g/mol. The van der Waals surface area contributed by atoms with Gasteiger partial charge in [-0.15, -0.1) is 0 Å². The number of nitrogens with one attached hydrogen (secondary N) is 1. The number of carbonyl (C=O) groups excluding carboxylic acids is 1. The van der Waals surface area contributed by atoms with Gasteiger partial charge in [-0.1, -0.05) is 57.2 Å². The number of hydrogen-bond acceptors (Lipinski definition) is 5. The zero-order valence-corrected chi connectivity index (χ0v) is 16.9. The van der Waals surface area contributed by atoms with Gasteiger partial charge in [0.15, 0.2) is 0 Å². The summed E-state index contributed by atoms with van der Waals surface area (Å²) in [5, 5.41) is 2.66. The molecule has 0 saturated heterocycles. The summed E-state index contributed by atoms with van der Waals surface area (Å²) < 4.78 is 29.8. The molecular weight excluding hydrogens is 365 g/mol. The van der Waals surface area contributed by atoms with Gasteiger partial charge in [-0.05, 0) is 36.6 Å². The summed E-state index contributed by atoms with van der Waals surface area (Å²) in [6.07, 6.45) is 0. The minimum Gasteiger partial charge on any atom is -0.464 e. The molecule has 0 unspecified atom stereocenters. The van der Waals surface area contributed by atoms with Crippen LogP contribution in [0.25, 0.3) is 0 Å². The van der Waals surface area contributed by atoms with Gasteiger partial charge in [-0.3, -0.25) is 4.79 Å². The van der Waals surface area contributed by atoms with E-state index >= 15 is 0 Å². The number of carbonyl (C=O) groups is 1. The number of ether oxygens (including phenoxy) is 1. The van der Waals surface area contributed by atoms with Crippen LogP contribution >= 0.6 is 7.75 Å². The van der Waals surface area contributed by atoms with Crippen molar-refractivity contribution in [2.45, 2.75) is 33.7 Å². The van der Waals surface area contributed by atoms with Gasteiger partial charge in [0.25, 0.3) is 0 Å². The maximum atomic E-state index is 13.3. The molecule has 0 saturated carbocycles. The highest BCUT2D eigenvalue weighted by atomic mass is 31.2. The average molecular weight is 391 g/mol. The highest BCUT2D eigenvalue weighted by molar-refractivity contribution is 7.52. The number of benzene rings is 2. The van der Waals surface area contributed by atoms with E-state index < -0.39 is 19.8 Å². The van der Waals surface area contributed by atoms with Crippen molar-refractivity contribution in [3.8, 4) is 11.5 Å². The van der Waals surface area contributed by atoms with E-state index in [4.69, 9.17) is 13.8 Å². The first-order valence-electron chi connectivity index (χ1n) is 8.71. The molecule has 2 rings (SSSR count). The Balaban J connectivity index is 2.13. The van der Waals surface area contributed by atoms with E-state index in [0.29, 0.717) is 11.5 Å². The third-order valence-corrected chi connectivity index (χ3v) is 4.90. The van der Waals surface area contributed by atoms with Crippen molar-refractivity contribution in [2.24, 2.45) is 5.41 Å². The number of para-hydroxylation sites is 2. The summed E-state index contributed by atoms with van der Waals surface area (Å²) >= 11 is 0. The zero-order chi connectivity index (χ0) is 19.9. The van der Waals surface area contributed by atoms with Crippen molar-refractivity contribution in [1.29, 1.82) is 0 Å². The second kappa shape index (κ2) is 9.07. The smallest absolute Gasteiger partial charge is 0.464 e. The average Bonchev–Trinajstić information content (AvgIpc) is 2.60. The molecule has 0 aliphatic carbocycles. The molecule has 1 atom stereocenters. The molecule has 2 aromatic carbocycles. The quantitative estimate of drug-likeness (QED) is 0.514. The number of esters is 1. The Labute approximate surface area is 160 Å². The predicted octanol–water partition coefficient (Wildman–Crippen LogP) is 4.82. The van der Waals surface area contributed by atoms with Gasteiger partial charge in [0.1, 0.15) is 17.5 Å². The lowest BCUT2D eigenvalue weighted by molar-refractivity contribution is -0.148.